The number of nitrogens with zero attached hydrogens (tertiary/aromatic N) is 4. The molecule has 0 saturated heterocycles. The smallest absolute Gasteiger partial charge is 0.255 e. The number of aromatic nitrogens is 4. The van der Waals surface area contributed by atoms with Gasteiger partial charge in [0.2, 0.25) is 5.88 Å². The van der Waals surface area contributed by atoms with Gasteiger partial charge in [0.1, 0.15) is 12.4 Å². The molecule has 0 aliphatic rings. The number of hydrogen-bond acceptors (Lipinski definition) is 5. The average Bonchev–Trinajstić information content (AvgIpc) is 2.65. The standard InChI is InChI=1S/C9H13N5O/c1-6-3-8(15-7(2)4-10)14-9(13-6)11-5-12-14/h3,5,7H,4,10H2,1-2H3. The summed E-state index contributed by atoms with van der Waals surface area (Å²) in [6, 6.07) is 1.81. The third kappa shape index (κ3) is 1.89. The van der Waals surface area contributed by atoms with E-state index in [4.69, 9.17) is 10.5 Å². The molecule has 15 heavy (non-hydrogen) atoms. The number of hydrogen-bond donors (Lipinski definition) is 1. The normalized spacial score (nSPS) is 13.0. The summed E-state index contributed by atoms with van der Waals surface area (Å²) in [4.78, 5) is 8.21. The van der Waals surface area contributed by atoms with Gasteiger partial charge in [-0.05, 0) is 13.8 Å². The zero-order chi connectivity index (χ0) is 10.8. The van der Waals surface area contributed by atoms with Crippen LogP contribution in [0, 0.1) is 6.92 Å². The van der Waals surface area contributed by atoms with Crippen molar-refractivity contribution in [3.8, 4) is 5.88 Å². The van der Waals surface area contributed by atoms with Gasteiger partial charge < -0.3 is 10.5 Å². The third-order valence-corrected chi connectivity index (χ3v) is 2.00. The van der Waals surface area contributed by atoms with E-state index in [0.29, 0.717) is 18.2 Å². The van der Waals surface area contributed by atoms with E-state index < -0.39 is 0 Å². The Kier molecular flexibility index (Phi) is 2.51. The molecule has 1 unspecified atom stereocenters. The molecule has 2 heterocycles. The van der Waals surface area contributed by atoms with Gasteiger partial charge in [0, 0.05) is 18.3 Å². The van der Waals surface area contributed by atoms with Crippen LogP contribution in [0.5, 0.6) is 5.88 Å². The molecule has 0 aliphatic carbocycles. The highest BCUT2D eigenvalue weighted by molar-refractivity contribution is 5.32. The highest BCUT2D eigenvalue weighted by atomic mass is 16.5. The lowest BCUT2D eigenvalue weighted by atomic mass is 10.4. The van der Waals surface area contributed by atoms with Gasteiger partial charge in [-0.15, -0.1) is 0 Å². The fraction of sp³-hybridized carbons (Fsp3) is 0.444. The molecule has 1 atom stereocenters. The Hall–Kier alpha value is -1.69. The van der Waals surface area contributed by atoms with E-state index in [1.165, 1.54) is 6.33 Å². The van der Waals surface area contributed by atoms with Crippen LogP contribution >= 0.6 is 0 Å². The highest BCUT2D eigenvalue weighted by Gasteiger charge is 2.09. The molecule has 2 rings (SSSR count). The molecule has 2 N–H and O–H groups in total. The van der Waals surface area contributed by atoms with E-state index in [2.05, 4.69) is 15.1 Å². The first kappa shape index (κ1) is 9.85. The summed E-state index contributed by atoms with van der Waals surface area (Å²) in [6.45, 7) is 4.24. The van der Waals surface area contributed by atoms with Crippen LogP contribution < -0.4 is 10.5 Å². The fourth-order valence-corrected chi connectivity index (χ4v) is 1.24. The van der Waals surface area contributed by atoms with Crippen molar-refractivity contribution in [2.24, 2.45) is 5.73 Å². The molecule has 0 amide bonds. The van der Waals surface area contributed by atoms with E-state index in [0.717, 1.165) is 5.69 Å². The van der Waals surface area contributed by atoms with Crippen molar-refractivity contribution >= 4 is 5.78 Å². The van der Waals surface area contributed by atoms with Gasteiger partial charge in [0.15, 0.2) is 0 Å². The van der Waals surface area contributed by atoms with Crippen molar-refractivity contribution in [2.75, 3.05) is 6.54 Å². The molecule has 2 aromatic rings. The average molecular weight is 207 g/mol. The second-order valence-corrected chi connectivity index (χ2v) is 3.37. The Bertz CT molecular complexity index is 466. The highest BCUT2D eigenvalue weighted by Crippen LogP contribution is 2.13. The molecule has 0 aromatic carbocycles. The monoisotopic (exact) mass is 207 g/mol. The lowest BCUT2D eigenvalue weighted by Crippen LogP contribution is -2.24. The van der Waals surface area contributed by atoms with Gasteiger partial charge in [-0.1, -0.05) is 0 Å². The van der Waals surface area contributed by atoms with Crippen LogP contribution in [-0.2, 0) is 0 Å². The van der Waals surface area contributed by atoms with Gasteiger partial charge in [-0.25, -0.2) is 4.98 Å². The largest absolute Gasteiger partial charge is 0.473 e. The van der Waals surface area contributed by atoms with Crippen LogP contribution in [0.2, 0.25) is 0 Å². The Labute approximate surface area is 87.1 Å². The van der Waals surface area contributed by atoms with Crippen molar-refractivity contribution in [3.05, 3.63) is 18.1 Å². The number of ether oxygens (including phenoxy) is 1. The topological polar surface area (TPSA) is 78.3 Å². The molecule has 0 bridgehead atoms. The summed E-state index contributed by atoms with van der Waals surface area (Å²) < 4.78 is 7.17. The summed E-state index contributed by atoms with van der Waals surface area (Å²) in [6.07, 6.45) is 1.39. The molecule has 0 spiro atoms. The van der Waals surface area contributed by atoms with E-state index >= 15 is 0 Å². The quantitative estimate of drug-likeness (QED) is 0.775. The summed E-state index contributed by atoms with van der Waals surface area (Å²) >= 11 is 0. The van der Waals surface area contributed by atoms with E-state index in [1.54, 1.807) is 4.52 Å². The Balaban J connectivity index is 2.44. The predicted octanol–water partition coefficient (Wildman–Crippen LogP) is 0.159. The minimum absolute atomic E-state index is 0.0563. The SMILES string of the molecule is Cc1cc(OC(C)CN)n2ncnc2n1. The predicted molar refractivity (Wildman–Crippen MR) is 54.7 cm³/mol. The Morgan fingerprint density at radius 1 is 1.60 bits per heavy atom. The molecule has 0 radical (unpaired) electrons. The number of nitrogens with two attached hydrogens (primary N) is 1. The number of rotatable bonds is 3. The van der Waals surface area contributed by atoms with Gasteiger partial charge in [0.25, 0.3) is 5.78 Å². The van der Waals surface area contributed by atoms with E-state index in [9.17, 15) is 0 Å². The van der Waals surface area contributed by atoms with Gasteiger partial charge >= 0.3 is 0 Å². The lowest BCUT2D eigenvalue weighted by Gasteiger charge is -2.12. The van der Waals surface area contributed by atoms with Crippen LogP contribution in [0.15, 0.2) is 12.4 Å². The summed E-state index contributed by atoms with van der Waals surface area (Å²) in [5.74, 6) is 1.15. The van der Waals surface area contributed by atoms with Crippen molar-refractivity contribution in [1.82, 2.24) is 19.6 Å². The zero-order valence-electron chi connectivity index (χ0n) is 8.71. The van der Waals surface area contributed by atoms with Crippen LogP contribution in [0.3, 0.4) is 0 Å². The lowest BCUT2D eigenvalue weighted by molar-refractivity contribution is 0.214. The second-order valence-electron chi connectivity index (χ2n) is 3.37. The molecule has 2 aromatic heterocycles. The zero-order valence-corrected chi connectivity index (χ0v) is 8.71. The van der Waals surface area contributed by atoms with Crippen molar-refractivity contribution in [3.63, 3.8) is 0 Å². The molecule has 0 fully saturated rings. The first-order valence-corrected chi connectivity index (χ1v) is 4.75. The molecular formula is C9H13N5O. The maximum absolute atomic E-state index is 5.61. The summed E-state index contributed by atoms with van der Waals surface area (Å²) in [5.41, 5.74) is 6.33. The summed E-state index contributed by atoms with van der Waals surface area (Å²) in [5, 5.41) is 4.02. The number of aryl methyl sites for hydroxylation is 1. The van der Waals surface area contributed by atoms with Gasteiger partial charge in [0.05, 0.1) is 0 Å². The van der Waals surface area contributed by atoms with E-state index in [-0.39, 0.29) is 6.10 Å². The maximum Gasteiger partial charge on any atom is 0.255 e. The van der Waals surface area contributed by atoms with Crippen molar-refractivity contribution in [1.29, 1.82) is 0 Å². The van der Waals surface area contributed by atoms with Crippen LogP contribution in [-0.4, -0.2) is 32.2 Å². The molecule has 6 nitrogen and oxygen atoms in total. The summed E-state index contributed by atoms with van der Waals surface area (Å²) in [7, 11) is 0. The first-order valence-electron chi connectivity index (χ1n) is 4.75. The second kappa shape index (κ2) is 3.82. The maximum atomic E-state index is 5.61. The first-order chi connectivity index (χ1) is 7.20. The Morgan fingerprint density at radius 3 is 3.13 bits per heavy atom. The Morgan fingerprint density at radius 2 is 2.40 bits per heavy atom. The third-order valence-electron chi connectivity index (χ3n) is 2.00. The van der Waals surface area contributed by atoms with Gasteiger partial charge in [-0.2, -0.15) is 14.6 Å². The van der Waals surface area contributed by atoms with Crippen molar-refractivity contribution < 1.29 is 4.74 Å². The van der Waals surface area contributed by atoms with Crippen LogP contribution in [0.1, 0.15) is 12.6 Å². The van der Waals surface area contributed by atoms with Gasteiger partial charge in [-0.3, -0.25) is 0 Å². The molecule has 0 saturated carbocycles. The van der Waals surface area contributed by atoms with Crippen LogP contribution in [0.4, 0.5) is 0 Å². The minimum atomic E-state index is -0.0563. The van der Waals surface area contributed by atoms with Crippen molar-refractivity contribution in [2.45, 2.75) is 20.0 Å². The molecule has 0 aliphatic heterocycles. The van der Waals surface area contributed by atoms with Crippen LogP contribution in [0.25, 0.3) is 5.78 Å². The minimum Gasteiger partial charge on any atom is -0.473 e. The molecular weight excluding hydrogens is 194 g/mol. The molecule has 80 valence electrons. The van der Waals surface area contributed by atoms with E-state index in [1.807, 2.05) is 19.9 Å². The number of fused-ring (bicyclic) bond motifs is 1. The fourth-order valence-electron chi connectivity index (χ4n) is 1.24. The molecule has 6 heteroatoms.